The van der Waals surface area contributed by atoms with Crippen LogP contribution in [0.25, 0.3) is 22.0 Å². The fourth-order valence-corrected chi connectivity index (χ4v) is 7.39. The minimum Gasteiger partial charge on any atom is -0.200 e. The summed E-state index contributed by atoms with van der Waals surface area (Å²) < 4.78 is 41.5. The van der Waals surface area contributed by atoms with E-state index in [1.54, 1.807) is 12.1 Å². The van der Waals surface area contributed by atoms with Gasteiger partial charge in [-0.2, -0.15) is 13.2 Å². The summed E-state index contributed by atoms with van der Waals surface area (Å²) in [6.45, 7) is 8.66. The van der Waals surface area contributed by atoms with E-state index < -0.39 is 20.7 Å². The summed E-state index contributed by atoms with van der Waals surface area (Å²) in [5.74, 6) is 0. The summed E-state index contributed by atoms with van der Waals surface area (Å²) in [4.78, 5) is 0. The molecule has 0 aliphatic heterocycles. The molecular weight excluding hydrogens is 447 g/mol. The lowest BCUT2D eigenvalue weighted by atomic mass is 9.93. The molecule has 0 saturated carbocycles. The van der Waals surface area contributed by atoms with Crippen LogP contribution in [0.3, 0.4) is 0 Å². The van der Waals surface area contributed by atoms with Gasteiger partial charge < -0.3 is 0 Å². The number of benzene rings is 3. The van der Waals surface area contributed by atoms with Crippen molar-refractivity contribution in [2.45, 2.75) is 45.6 Å². The van der Waals surface area contributed by atoms with Gasteiger partial charge in [0.15, 0.2) is 6.20 Å². The molecule has 1 aromatic heterocycles. The van der Waals surface area contributed by atoms with Crippen LogP contribution in [0, 0.1) is 13.8 Å². The Bertz CT molecular complexity index is 1340. The second-order valence-corrected chi connectivity index (χ2v) is 14.7. The second-order valence-electron chi connectivity index (χ2n) is 10.0. The van der Waals surface area contributed by atoms with Crippen molar-refractivity contribution in [2.24, 2.45) is 7.05 Å². The number of fused-ring (bicyclic) bond motifs is 1. The van der Waals surface area contributed by atoms with Crippen LogP contribution in [0.5, 0.6) is 0 Å². The molecule has 1 nitrogen and oxygen atoms in total. The maximum absolute atomic E-state index is 13.2. The lowest BCUT2D eigenvalue weighted by Gasteiger charge is -2.24. The molecule has 0 fully saturated rings. The predicted molar refractivity (Wildman–Crippen MR) is 137 cm³/mol. The minimum absolute atomic E-state index is 0.302. The molecule has 0 N–H and O–H groups in total. The standard InChI is InChI=1S/C29H31F3NSi/c1-20-15-23(18-29(30,31)32)16-27(21(20)2)28-26-12-11-25(17-24(26)13-14-33(28)3)34(4,5)19-22-9-7-6-8-10-22/h6-17H,18-19H2,1-5H3/q+1. The van der Waals surface area contributed by atoms with Gasteiger partial charge in [-0.15, -0.1) is 0 Å². The number of hydrogen-bond donors (Lipinski definition) is 0. The van der Waals surface area contributed by atoms with Crippen molar-refractivity contribution in [2.75, 3.05) is 0 Å². The Balaban J connectivity index is 1.82. The number of halogens is 3. The Labute approximate surface area is 200 Å². The predicted octanol–water partition coefficient (Wildman–Crippen LogP) is 6.75. The van der Waals surface area contributed by atoms with Crippen LogP contribution < -0.4 is 9.75 Å². The van der Waals surface area contributed by atoms with Crippen LogP contribution >= 0.6 is 0 Å². The van der Waals surface area contributed by atoms with Crippen LogP contribution in [0.15, 0.2) is 72.9 Å². The van der Waals surface area contributed by atoms with E-state index in [4.69, 9.17) is 0 Å². The highest BCUT2D eigenvalue weighted by Crippen LogP contribution is 2.32. The summed E-state index contributed by atoms with van der Waals surface area (Å²) in [6.07, 6.45) is -3.14. The number of pyridine rings is 1. The third-order valence-electron chi connectivity index (χ3n) is 6.79. The van der Waals surface area contributed by atoms with Gasteiger partial charge in [0, 0.05) is 6.07 Å². The third-order valence-corrected chi connectivity index (χ3v) is 9.96. The van der Waals surface area contributed by atoms with Crippen LogP contribution in [0.1, 0.15) is 22.3 Å². The Kier molecular flexibility index (Phi) is 6.43. The molecule has 0 unspecified atom stereocenters. The molecule has 4 aromatic rings. The molecule has 0 saturated heterocycles. The van der Waals surface area contributed by atoms with Crippen molar-refractivity contribution < 1.29 is 17.7 Å². The second kappa shape index (κ2) is 9.03. The zero-order chi connectivity index (χ0) is 24.7. The van der Waals surface area contributed by atoms with E-state index >= 15 is 0 Å². The summed E-state index contributed by atoms with van der Waals surface area (Å²) in [6, 6.07) is 23.8. The lowest BCUT2D eigenvalue weighted by Crippen LogP contribution is -2.44. The maximum Gasteiger partial charge on any atom is 0.393 e. The largest absolute Gasteiger partial charge is 0.393 e. The number of hydrogen-bond acceptors (Lipinski definition) is 0. The van der Waals surface area contributed by atoms with E-state index in [2.05, 4.69) is 61.6 Å². The van der Waals surface area contributed by atoms with E-state index in [9.17, 15) is 13.2 Å². The molecule has 0 aliphatic rings. The minimum atomic E-state index is -4.23. The van der Waals surface area contributed by atoms with Crippen molar-refractivity contribution in [1.29, 1.82) is 0 Å². The van der Waals surface area contributed by atoms with Crippen molar-refractivity contribution in [3.8, 4) is 11.3 Å². The number of aryl methyl sites for hydroxylation is 2. The van der Waals surface area contributed by atoms with Crippen LogP contribution in [-0.2, 0) is 19.5 Å². The van der Waals surface area contributed by atoms with Crippen LogP contribution in [-0.4, -0.2) is 14.3 Å². The highest BCUT2D eigenvalue weighted by molar-refractivity contribution is 6.89. The average Bonchev–Trinajstić information content (AvgIpc) is 2.75. The van der Waals surface area contributed by atoms with Gasteiger partial charge in [-0.05, 0) is 54.1 Å². The van der Waals surface area contributed by atoms with Crippen molar-refractivity contribution in [1.82, 2.24) is 0 Å². The summed E-state index contributed by atoms with van der Waals surface area (Å²) in [5.41, 5.74) is 5.36. The molecular formula is C29H31F3NSi+. The first kappa shape index (κ1) is 24.2. The first-order chi connectivity index (χ1) is 15.9. The molecule has 3 aromatic carbocycles. The zero-order valence-electron chi connectivity index (χ0n) is 20.4. The molecule has 34 heavy (non-hydrogen) atoms. The first-order valence-electron chi connectivity index (χ1n) is 11.6. The third kappa shape index (κ3) is 5.09. The maximum atomic E-state index is 13.2. The van der Waals surface area contributed by atoms with Gasteiger partial charge >= 0.3 is 6.18 Å². The first-order valence-corrected chi connectivity index (χ1v) is 14.8. The molecule has 176 valence electrons. The topological polar surface area (TPSA) is 3.88 Å². The van der Waals surface area contributed by atoms with E-state index in [1.807, 2.05) is 37.7 Å². The van der Waals surface area contributed by atoms with Crippen LogP contribution in [0.2, 0.25) is 13.1 Å². The smallest absolute Gasteiger partial charge is 0.200 e. The Hall–Kier alpha value is -2.92. The van der Waals surface area contributed by atoms with E-state index in [1.165, 1.54) is 10.8 Å². The summed E-state index contributed by atoms with van der Waals surface area (Å²) >= 11 is 0. The number of aromatic nitrogens is 1. The van der Waals surface area contributed by atoms with Gasteiger partial charge in [0.2, 0.25) is 5.69 Å². The van der Waals surface area contributed by atoms with Gasteiger partial charge in [0.05, 0.1) is 25.4 Å². The molecule has 0 bridgehead atoms. The van der Waals surface area contributed by atoms with Gasteiger partial charge in [-0.3, -0.25) is 0 Å². The number of alkyl halides is 3. The summed E-state index contributed by atoms with van der Waals surface area (Å²) in [5, 5.41) is 3.56. The van der Waals surface area contributed by atoms with Gasteiger partial charge in [-0.1, -0.05) is 72.4 Å². The van der Waals surface area contributed by atoms with Gasteiger partial charge in [0.1, 0.15) is 7.05 Å². The molecule has 0 radical (unpaired) electrons. The highest BCUT2D eigenvalue weighted by Gasteiger charge is 2.29. The summed E-state index contributed by atoms with van der Waals surface area (Å²) in [7, 11) is 0.225. The molecule has 5 heteroatoms. The quantitative estimate of drug-likeness (QED) is 0.221. The normalized spacial score (nSPS) is 12.4. The SMILES string of the molecule is Cc1cc(CC(F)(F)F)cc(-c2c3ccc([Si](C)(C)Cc4ccccc4)cc3cc[n+]2C)c1C. The fourth-order valence-electron chi connectivity index (χ4n) is 4.85. The Morgan fingerprint density at radius 1 is 0.853 bits per heavy atom. The van der Waals surface area contributed by atoms with Crippen LogP contribution in [0.4, 0.5) is 13.2 Å². The Morgan fingerprint density at radius 2 is 1.56 bits per heavy atom. The molecule has 0 amide bonds. The highest BCUT2D eigenvalue weighted by atomic mass is 28.3. The molecule has 1 heterocycles. The molecule has 4 rings (SSSR count). The molecule has 0 atom stereocenters. The number of rotatable bonds is 5. The van der Waals surface area contributed by atoms with Crippen molar-refractivity contribution in [3.05, 3.63) is 95.2 Å². The van der Waals surface area contributed by atoms with Crippen molar-refractivity contribution >= 4 is 24.0 Å². The van der Waals surface area contributed by atoms with Gasteiger partial charge in [0.25, 0.3) is 0 Å². The van der Waals surface area contributed by atoms with E-state index in [0.717, 1.165) is 39.2 Å². The molecule has 0 aliphatic carbocycles. The Morgan fingerprint density at radius 3 is 2.24 bits per heavy atom. The lowest BCUT2D eigenvalue weighted by molar-refractivity contribution is -0.659. The van der Waals surface area contributed by atoms with Crippen molar-refractivity contribution in [3.63, 3.8) is 0 Å². The van der Waals surface area contributed by atoms with E-state index in [-0.39, 0.29) is 0 Å². The fraction of sp³-hybridized carbons (Fsp3) is 0.276. The number of nitrogens with zero attached hydrogens (tertiary/aromatic N) is 1. The monoisotopic (exact) mass is 478 g/mol. The average molecular weight is 479 g/mol. The zero-order valence-corrected chi connectivity index (χ0v) is 21.4. The van der Waals surface area contributed by atoms with E-state index in [0.29, 0.717) is 5.56 Å². The molecule has 0 spiro atoms. The van der Waals surface area contributed by atoms with Gasteiger partial charge in [-0.25, -0.2) is 4.57 Å².